The molecular formula is C13H31GaN2. The molecule has 2 atom stereocenters. The van der Waals surface area contributed by atoms with Crippen LogP contribution in [-0.4, -0.2) is 66.3 Å². The molecule has 0 N–H and O–H groups in total. The van der Waals surface area contributed by atoms with Gasteiger partial charge in [0.25, 0.3) is 0 Å². The van der Waals surface area contributed by atoms with E-state index in [2.05, 4.69) is 57.3 Å². The summed E-state index contributed by atoms with van der Waals surface area (Å²) in [6.07, 6.45) is 2.81. The zero-order valence-corrected chi connectivity index (χ0v) is 14.9. The molecular weight excluding hydrogens is 254 g/mol. The Labute approximate surface area is 108 Å². The van der Waals surface area contributed by atoms with E-state index in [9.17, 15) is 0 Å². The van der Waals surface area contributed by atoms with Crippen LogP contribution in [-0.2, 0) is 0 Å². The van der Waals surface area contributed by atoms with Crippen molar-refractivity contribution in [1.82, 2.24) is 9.80 Å². The van der Waals surface area contributed by atoms with Crippen molar-refractivity contribution in [2.45, 2.75) is 54.2 Å². The SMILES string of the molecule is CC(C[CH2][Ga]([CH3])[CH2]CC(C)N(C)C)N(C)C. The minimum atomic E-state index is -0.911. The van der Waals surface area contributed by atoms with Gasteiger partial charge < -0.3 is 0 Å². The molecule has 0 aromatic heterocycles. The van der Waals surface area contributed by atoms with Gasteiger partial charge in [-0.15, -0.1) is 0 Å². The Bertz CT molecular complexity index is 153. The van der Waals surface area contributed by atoms with E-state index in [0.717, 1.165) is 12.1 Å². The van der Waals surface area contributed by atoms with Gasteiger partial charge in [-0.2, -0.15) is 0 Å². The van der Waals surface area contributed by atoms with Gasteiger partial charge in [-0.25, -0.2) is 0 Å². The Morgan fingerprint density at radius 1 is 0.812 bits per heavy atom. The van der Waals surface area contributed by atoms with Crippen molar-refractivity contribution in [2.24, 2.45) is 0 Å². The van der Waals surface area contributed by atoms with Crippen LogP contribution < -0.4 is 0 Å². The van der Waals surface area contributed by atoms with Gasteiger partial charge in [-0.05, 0) is 0 Å². The molecule has 0 bridgehead atoms. The third-order valence-corrected chi connectivity index (χ3v) is 9.45. The molecule has 0 heterocycles. The normalized spacial score (nSPS) is 15.6. The Balaban J connectivity index is 3.63. The first kappa shape index (κ1) is 16.6. The van der Waals surface area contributed by atoms with Crippen molar-refractivity contribution in [3.63, 3.8) is 0 Å². The Morgan fingerprint density at radius 2 is 1.12 bits per heavy atom. The molecule has 0 saturated carbocycles. The molecule has 0 spiro atoms. The second-order valence-electron chi connectivity index (χ2n) is 5.89. The van der Waals surface area contributed by atoms with Crippen LogP contribution in [0, 0.1) is 0 Å². The van der Waals surface area contributed by atoms with E-state index < -0.39 is 16.2 Å². The second kappa shape index (κ2) is 8.62. The molecule has 0 aliphatic heterocycles. The van der Waals surface area contributed by atoms with E-state index >= 15 is 0 Å². The summed E-state index contributed by atoms with van der Waals surface area (Å²) >= 11 is -0.911. The minimum absolute atomic E-state index is 0.763. The van der Waals surface area contributed by atoms with Gasteiger partial charge in [0, 0.05) is 0 Å². The number of hydrogen-bond donors (Lipinski definition) is 0. The van der Waals surface area contributed by atoms with Gasteiger partial charge in [0.1, 0.15) is 0 Å². The van der Waals surface area contributed by atoms with Crippen LogP contribution in [0.4, 0.5) is 0 Å². The molecule has 0 saturated heterocycles. The summed E-state index contributed by atoms with van der Waals surface area (Å²) in [5, 5.41) is 0. The van der Waals surface area contributed by atoms with Crippen LogP contribution in [0.1, 0.15) is 26.7 Å². The van der Waals surface area contributed by atoms with E-state index in [4.69, 9.17) is 0 Å². The topological polar surface area (TPSA) is 6.48 Å². The van der Waals surface area contributed by atoms with Crippen molar-refractivity contribution in [3.05, 3.63) is 0 Å². The molecule has 0 amide bonds. The first-order valence-electron chi connectivity index (χ1n) is 6.67. The molecule has 2 unspecified atom stereocenters. The zero-order valence-electron chi connectivity index (χ0n) is 12.5. The number of nitrogens with zero attached hydrogens (tertiary/aromatic N) is 2. The molecule has 96 valence electrons. The van der Waals surface area contributed by atoms with E-state index in [1.54, 1.807) is 9.95 Å². The van der Waals surface area contributed by atoms with Crippen LogP contribution in [0.25, 0.3) is 0 Å². The molecule has 0 radical (unpaired) electrons. The molecule has 2 nitrogen and oxygen atoms in total. The molecule has 16 heavy (non-hydrogen) atoms. The fourth-order valence-electron chi connectivity index (χ4n) is 1.71. The van der Waals surface area contributed by atoms with Crippen LogP contribution in [0.2, 0.25) is 15.4 Å². The standard InChI is InChI=1S/2C6H14N.CH3.Ga/c2*1-5-6(2)7(3)4;;/h2*6H,1,5H2,2-4H3;1H3;. The van der Waals surface area contributed by atoms with E-state index in [-0.39, 0.29) is 0 Å². The third kappa shape index (κ3) is 7.77. The van der Waals surface area contributed by atoms with E-state index in [0.29, 0.717) is 0 Å². The molecule has 0 rings (SSSR count). The number of hydrogen-bond acceptors (Lipinski definition) is 2. The summed E-state index contributed by atoms with van der Waals surface area (Å²) in [5.41, 5.74) is 2.58. The van der Waals surface area contributed by atoms with Crippen LogP contribution >= 0.6 is 0 Å². The van der Waals surface area contributed by atoms with Gasteiger partial charge in [0.05, 0.1) is 0 Å². The average molecular weight is 285 g/mol. The summed E-state index contributed by atoms with van der Waals surface area (Å²) in [5.74, 6) is 0. The monoisotopic (exact) mass is 284 g/mol. The summed E-state index contributed by atoms with van der Waals surface area (Å²) in [7, 11) is 8.76. The third-order valence-electron chi connectivity index (χ3n) is 3.92. The van der Waals surface area contributed by atoms with Crippen molar-refractivity contribution in [1.29, 1.82) is 0 Å². The van der Waals surface area contributed by atoms with Crippen LogP contribution in [0.15, 0.2) is 0 Å². The van der Waals surface area contributed by atoms with Gasteiger partial charge in [0.2, 0.25) is 0 Å². The van der Waals surface area contributed by atoms with Gasteiger partial charge in [-0.3, -0.25) is 0 Å². The summed E-state index contributed by atoms with van der Waals surface area (Å²) in [6, 6.07) is 1.53. The summed E-state index contributed by atoms with van der Waals surface area (Å²) < 4.78 is 0. The maximum absolute atomic E-state index is 2.58. The molecule has 0 aromatic rings. The van der Waals surface area contributed by atoms with E-state index in [1.807, 2.05) is 0 Å². The Morgan fingerprint density at radius 3 is 1.38 bits per heavy atom. The molecule has 0 aromatic carbocycles. The average Bonchev–Trinajstić information content (AvgIpc) is 2.21. The van der Waals surface area contributed by atoms with Crippen LogP contribution in [0.3, 0.4) is 0 Å². The predicted molar refractivity (Wildman–Crippen MR) is 76.8 cm³/mol. The van der Waals surface area contributed by atoms with Crippen molar-refractivity contribution in [2.75, 3.05) is 28.2 Å². The van der Waals surface area contributed by atoms with Crippen molar-refractivity contribution in [3.8, 4) is 0 Å². The first-order valence-corrected chi connectivity index (χ1v) is 12.5. The van der Waals surface area contributed by atoms with Gasteiger partial charge >= 0.3 is 108 Å². The van der Waals surface area contributed by atoms with Crippen molar-refractivity contribution < 1.29 is 0 Å². The van der Waals surface area contributed by atoms with Crippen molar-refractivity contribution >= 4 is 16.2 Å². The molecule has 0 fully saturated rings. The maximum atomic E-state index is 2.58. The number of rotatable bonds is 8. The summed E-state index contributed by atoms with van der Waals surface area (Å²) in [4.78, 5) is 7.79. The quantitative estimate of drug-likeness (QED) is 0.633. The van der Waals surface area contributed by atoms with Gasteiger partial charge in [-0.1, -0.05) is 0 Å². The molecule has 0 aliphatic carbocycles. The molecule has 3 heteroatoms. The van der Waals surface area contributed by atoms with Gasteiger partial charge in [0.15, 0.2) is 0 Å². The Kier molecular flexibility index (Phi) is 8.92. The second-order valence-corrected chi connectivity index (χ2v) is 12.9. The van der Waals surface area contributed by atoms with Crippen LogP contribution in [0.5, 0.6) is 0 Å². The predicted octanol–water partition coefficient (Wildman–Crippen LogP) is 2.79. The van der Waals surface area contributed by atoms with E-state index in [1.165, 1.54) is 12.8 Å². The fourth-order valence-corrected chi connectivity index (χ4v) is 6.73. The fraction of sp³-hybridized carbons (Fsp3) is 1.00. The summed E-state index contributed by atoms with van der Waals surface area (Å²) in [6.45, 7) is 4.69. The zero-order chi connectivity index (χ0) is 12.7. The Hall–Kier alpha value is 0.556. The molecule has 0 aliphatic rings. The first-order chi connectivity index (χ1) is 7.34.